The van der Waals surface area contributed by atoms with Crippen molar-refractivity contribution in [3.8, 4) is 11.5 Å². The maximum absolute atomic E-state index is 12.8. The Morgan fingerprint density at radius 3 is 2.38 bits per heavy atom. The molecule has 0 N–H and O–H groups in total. The Labute approximate surface area is 157 Å². The molecule has 1 aromatic rings. The first-order valence-electron chi connectivity index (χ1n) is 9.93. The number of benzene rings is 1. The second-order valence-electron chi connectivity index (χ2n) is 7.68. The molecule has 0 aliphatic heterocycles. The molecule has 4 heteroatoms. The summed E-state index contributed by atoms with van der Waals surface area (Å²) >= 11 is 0. The van der Waals surface area contributed by atoms with Gasteiger partial charge in [0.2, 0.25) is 5.91 Å². The molecular weight excluding hydrogens is 326 g/mol. The lowest BCUT2D eigenvalue weighted by Crippen LogP contribution is -2.42. The fraction of sp³-hybridized carbons (Fsp3) is 0.591. The van der Waals surface area contributed by atoms with E-state index in [0.29, 0.717) is 17.8 Å². The van der Waals surface area contributed by atoms with Crippen molar-refractivity contribution in [2.75, 3.05) is 7.11 Å². The van der Waals surface area contributed by atoms with Gasteiger partial charge in [-0.25, -0.2) is 0 Å². The van der Waals surface area contributed by atoms with E-state index in [1.807, 2.05) is 38.1 Å². The summed E-state index contributed by atoms with van der Waals surface area (Å²) in [5.41, 5.74) is 0.950. The predicted octanol–water partition coefficient (Wildman–Crippen LogP) is 4.82. The molecule has 0 heterocycles. The number of hydrogen-bond donors (Lipinski definition) is 0. The van der Waals surface area contributed by atoms with Crippen LogP contribution in [0, 0.1) is 0 Å². The standard InChI is InChI=1S/C22H31NO3/c1-16(2)26-20-13-9-17(15-21(20)25-3)10-14-22(24)23(19-11-12-19)18-7-5-4-6-8-18/h9-10,13-16,18-19H,4-8,11-12H2,1-3H3/b14-10+. The van der Waals surface area contributed by atoms with E-state index >= 15 is 0 Å². The molecule has 26 heavy (non-hydrogen) atoms. The van der Waals surface area contributed by atoms with Crippen molar-refractivity contribution < 1.29 is 14.3 Å². The molecule has 2 aliphatic carbocycles. The van der Waals surface area contributed by atoms with Crippen LogP contribution in [0.25, 0.3) is 6.08 Å². The second kappa shape index (κ2) is 8.61. The smallest absolute Gasteiger partial charge is 0.247 e. The molecule has 1 aromatic carbocycles. The zero-order valence-corrected chi connectivity index (χ0v) is 16.2. The second-order valence-corrected chi connectivity index (χ2v) is 7.68. The highest BCUT2D eigenvalue weighted by Crippen LogP contribution is 2.34. The zero-order chi connectivity index (χ0) is 18.5. The third kappa shape index (κ3) is 4.80. The van der Waals surface area contributed by atoms with E-state index in [1.54, 1.807) is 13.2 Å². The van der Waals surface area contributed by atoms with Crippen LogP contribution >= 0.6 is 0 Å². The monoisotopic (exact) mass is 357 g/mol. The van der Waals surface area contributed by atoms with Gasteiger partial charge in [-0.1, -0.05) is 25.3 Å². The van der Waals surface area contributed by atoms with Crippen LogP contribution in [0.2, 0.25) is 0 Å². The molecular formula is C22H31NO3. The molecule has 0 saturated heterocycles. The summed E-state index contributed by atoms with van der Waals surface area (Å²) in [4.78, 5) is 15.0. The molecule has 0 unspecified atom stereocenters. The first-order valence-corrected chi connectivity index (χ1v) is 9.93. The largest absolute Gasteiger partial charge is 0.493 e. The molecule has 0 radical (unpaired) electrons. The Hall–Kier alpha value is -1.97. The molecule has 2 fully saturated rings. The van der Waals surface area contributed by atoms with Crippen molar-refractivity contribution in [3.05, 3.63) is 29.8 Å². The van der Waals surface area contributed by atoms with Crippen molar-refractivity contribution in [3.63, 3.8) is 0 Å². The molecule has 0 aromatic heterocycles. The number of rotatable bonds is 7. The lowest BCUT2D eigenvalue weighted by Gasteiger charge is -2.34. The minimum Gasteiger partial charge on any atom is -0.493 e. The van der Waals surface area contributed by atoms with Crippen LogP contribution in [0.3, 0.4) is 0 Å². The van der Waals surface area contributed by atoms with Crippen molar-refractivity contribution in [1.29, 1.82) is 0 Å². The van der Waals surface area contributed by atoms with Crippen LogP contribution < -0.4 is 9.47 Å². The zero-order valence-electron chi connectivity index (χ0n) is 16.2. The Balaban J connectivity index is 1.70. The Morgan fingerprint density at radius 1 is 1.08 bits per heavy atom. The van der Waals surface area contributed by atoms with E-state index in [4.69, 9.17) is 9.47 Å². The normalized spacial score (nSPS) is 18.3. The van der Waals surface area contributed by atoms with Crippen LogP contribution in [-0.2, 0) is 4.79 Å². The van der Waals surface area contributed by atoms with Crippen LogP contribution in [-0.4, -0.2) is 36.1 Å². The Morgan fingerprint density at radius 2 is 1.77 bits per heavy atom. The molecule has 2 saturated carbocycles. The summed E-state index contributed by atoms with van der Waals surface area (Å²) in [5.74, 6) is 1.58. The number of carbonyl (C=O) groups is 1. The number of amides is 1. The van der Waals surface area contributed by atoms with Crippen LogP contribution in [0.15, 0.2) is 24.3 Å². The van der Waals surface area contributed by atoms with Gasteiger partial charge in [-0.15, -0.1) is 0 Å². The molecule has 4 nitrogen and oxygen atoms in total. The molecule has 2 aliphatic rings. The van der Waals surface area contributed by atoms with Crippen molar-refractivity contribution >= 4 is 12.0 Å². The van der Waals surface area contributed by atoms with Gasteiger partial charge in [-0.2, -0.15) is 0 Å². The summed E-state index contributed by atoms with van der Waals surface area (Å²) in [7, 11) is 1.64. The maximum Gasteiger partial charge on any atom is 0.247 e. The quantitative estimate of drug-likeness (QED) is 0.657. The Bertz CT molecular complexity index is 643. The van der Waals surface area contributed by atoms with Gasteiger partial charge in [0.05, 0.1) is 13.2 Å². The summed E-state index contributed by atoms with van der Waals surface area (Å²) in [6, 6.07) is 6.69. The van der Waals surface area contributed by atoms with E-state index in [2.05, 4.69) is 4.90 Å². The van der Waals surface area contributed by atoms with E-state index in [0.717, 1.165) is 37.0 Å². The molecule has 0 spiro atoms. The van der Waals surface area contributed by atoms with Gasteiger partial charge < -0.3 is 14.4 Å². The van der Waals surface area contributed by atoms with Crippen LogP contribution in [0.1, 0.15) is 64.4 Å². The van der Waals surface area contributed by atoms with E-state index < -0.39 is 0 Å². The fourth-order valence-corrected chi connectivity index (χ4v) is 3.76. The molecule has 1 amide bonds. The number of nitrogens with zero attached hydrogens (tertiary/aromatic N) is 1. The van der Waals surface area contributed by atoms with Gasteiger partial charge in [-0.05, 0) is 63.3 Å². The number of carbonyl (C=O) groups excluding carboxylic acids is 1. The summed E-state index contributed by atoms with van der Waals surface area (Å²) in [6.45, 7) is 3.98. The molecule has 0 atom stereocenters. The highest BCUT2D eigenvalue weighted by Gasteiger charge is 2.36. The van der Waals surface area contributed by atoms with E-state index in [9.17, 15) is 4.79 Å². The summed E-state index contributed by atoms with van der Waals surface area (Å²) in [6.07, 6.45) is 12.1. The lowest BCUT2D eigenvalue weighted by molar-refractivity contribution is -0.129. The van der Waals surface area contributed by atoms with E-state index in [1.165, 1.54) is 19.3 Å². The first-order chi connectivity index (χ1) is 12.6. The predicted molar refractivity (Wildman–Crippen MR) is 105 cm³/mol. The van der Waals surface area contributed by atoms with Gasteiger partial charge in [0.1, 0.15) is 0 Å². The summed E-state index contributed by atoms with van der Waals surface area (Å²) in [5, 5.41) is 0. The first kappa shape index (κ1) is 18.8. The molecule has 0 bridgehead atoms. The van der Waals surface area contributed by atoms with Gasteiger partial charge in [0.25, 0.3) is 0 Å². The lowest BCUT2D eigenvalue weighted by atomic mass is 9.94. The van der Waals surface area contributed by atoms with Gasteiger partial charge in [0.15, 0.2) is 11.5 Å². The average Bonchev–Trinajstić information content (AvgIpc) is 3.46. The van der Waals surface area contributed by atoms with Crippen LogP contribution in [0.5, 0.6) is 11.5 Å². The third-order valence-corrected chi connectivity index (χ3v) is 5.13. The topological polar surface area (TPSA) is 38.8 Å². The highest BCUT2D eigenvalue weighted by atomic mass is 16.5. The average molecular weight is 357 g/mol. The minimum atomic E-state index is 0.0921. The third-order valence-electron chi connectivity index (χ3n) is 5.13. The van der Waals surface area contributed by atoms with Crippen molar-refractivity contribution in [1.82, 2.24) is 4.90 Å². The van der Waals surface area contributed by atoms with Gasteiger partial charge >= 0.3 is 0 Å². The van der Waals surface area contributed by atoms with Crippen LogP contribution in [0.4, 0.5) is 0 Å². The summed E-state index contributed by atoms with van der Waals surface area (Å²) < 4.78 is 11.2. The van der Waals surface area contributed by atoms with Gasteiger partial charge in [-0.3, -0.25) is 4.79 Å². The number of ether oxygens (including phenoxy) is 2. The highest BCUT2D eigenvalue weighted by molar-refractivity contribution is 5.92. The number of hydrogen-bond acceptors (Lipinski definition) is 3. The maximum atomic E-state index is 12.8. The fourth-order valence-electron chi connectivity index (χ4n) is 3.76. The Kier molecular flexibility index (Phi) is 6.23. The van der Waals surface area contributed by atoms with Crippen molar-refractivity contribution in [2.45, 2.75) is 77.0 Å². The molecule has 142 valence electrons. The van der Waals surface area contributed by atoms with Crippen molar-refractivity contribution in [2.24, 2.45) is 0 Å². The molecule has 3 rings (SSSR count). The van der Waals surface area contributed by atoms with E-state index in [-0.39, 0.29) is 12.0 Å². The minimum absolute atomic E-state index is 0.0921. The SMILES string of the molecule is COc1cc(/C=C/C(=O)N(C2CCCCC2)C2CC2)ccc1OC(C)C. The van der Waals surface area contributed by atoms with Gasteiger partial charge in [0, 0.05) is 18.2 Å². The number of methoxy groups -OCH3 is 1.